The summed E-state index contributed by atoms with van der Waals surface area (Å²) in [5, 5.41) is 0.615. The predicted octanol–water partition coefficient (Wildman–Crippen LogP) is 4.60. The Hall–Kier alpha value is -2.22. The molecular formula is C14H6Cl2N2O2. The number of hydrogen-bond donors (Lipinski definition) is 0. The van der Waals surface area contributed by atoms with Gasteiger partial charge in [0.25, 0.3) is 0 Å². The molecule has 0 spiro atoms. The summed E-state index contributed by atoms with van der Waals surface area (Å²) in [6.07, 6.45) is 2.83. The fourth-order valence-electron chi connectivity index (χ4n) is 1.73. The van der Waals surface area contributed by atoms with Gasteiger partial charge in [0.05, 0.1) is 10.7 Å². The Bertz CT molecular complexity index is 762. The lowest BCUT2D eigenvalue weighted by Gasteiger charge is -2.08. The molecule has 0 aliphatic heterocycles. The van der Waals surface area contributed by atoms with Crippen LogP contribution in [0.15, 0.2) is 46.4 Å². The Morgan fingerprint density at radius 2 is 1.70 bits per heavy atom. The van der Waals surface area contributed by atoms with Crippen LogP contribution in [0.3, 0.4) is 0 Å². The Morgan fingerprint density at radius 3 is 2.35 bits per heavy atom. The summed E-state index contributed by atoms with van der Waals surface area (Å²) in [5.74, 6) is 0. The van der Waals surface area contributed by atoms with Crippen molar-refractivity contribution >= 4 is 46.7 Å². The molecular weight excluding hydrogens is 299 g/mol. The molecule has 0 saturated carbocycles. The highest BCUT2D eigenvalue weighted by atomic mass is 35.5. The van der Waals surface area contributed by atoms with E-state index >= 15 is 0 Å². The molecule has 0 radical (unpaired) electrons. The van der Waals surface area contributed by atoms with E-state index in [1.807, 2.05) is 0 Å². The van der Waals surface area contributed by atoms with Gasteiger partial charge < -0.3 is 0 Å². The molecule has 0 aliphatic rings. The second kappa shape index (κ2) is 6.29. The summed E-state index contributed by atoms with van der Waals surface area (Å²) < 4.78 is 0. The van der Waals surface area contributed by atoms with Gasteiger partial charge in [0.2, 0.25) is 12.2 Å². The minimum Gasteiger partial charge on any atom is -0.211 e. The van der Waals surface area contributed by atoms with E-state index in [0.29, 0.717) is 10.6 Å². The molecule has 2 aromatic carbocycles. The molecule has 2 aromatic rings. The Kier molecular flexibility index (Phi) is 4.46. The zero-order valence-electron chi connectivity index (χ0n) is 9.93. The van der Waals surface area contributed by atoms with Crippen molar-refractivity contribution in [2.45, 2.75) is 0 Å². The van der Waals surface area contributed by atoms with Gasteiger partial charge in [0, 0.05) is 10.6 Å². The molecule has 0 amide bonds. The van der Waals surface area contributed by atoms with Crippen molar-refractivity contribution < 1.29 is 9.59 Å². The quantitative estimate of drug-likeness (QED) is 0.615. The second-order valence-electron chi connectivity index (χ2n) is 3.71. The van der Waals surface area contributed by atoms with Crippen LogP contribution in [0.25, 0.3) is 11.1 Å². The van der Waals surface area contributed by atoms with E-state index in [0.717, 1.165) is 5.56 Å². The number of hydrogen-bond acceptors (Lipinski definition) is 4. The molecule has 0 N–H and O–H groups in total. The summed E-state index contributed by atoms with van der Waals surface area (Å²) in [5.41, 5.74) is 1.68. The van der Waals surface area contributed by atoms with Crippen molar-refractivity contribution in [1.29, 1.82) is 0 Å². The summed E-state index contributed by atoms with van der Waals surface area (Å²) in [7, 11) is 0. The standard InChI is InChI=1S/C14H6Cl2N2O2/c15-10-3-1-2-9(6-10)11-4-5-12(17-7-19)13(16)14(11)18-8-20/h1-6H. The van der Waals surface area contributed by atoms with Crippen molar-refractivity contribution in [2.75, 3.05) is 0 Å². The molecule has 0 unspecified atom stereocenters. The Morgan fingerprint density at radius 1 is 0.950 bits per heavy atom. The molecule has 0 saturated heterocycles. The van der Waals surface area contributed by atoms with Crippen LogP contribution in [0, 0.1) is 0 Å². The van der Waals surface area contributed by atoms with Gasteiger partial charge in [-0.25, -0.2) is 9.59 Å². The fourth-order valence-corrected chi connectivity index (χ4v) is 2.17. The Labute approximate surface area is 124 Å². The molecule has 6 heteroatoms. The average Bonchev–Trinajstić information content (AvgIpc) is 2.44. The lowest BCUT2D eigenvalue weighted by Crippen LogP contribution is -1.82. The number of benzene rings is 2. The largest absolute Gasteiger partial charge is 0.240 e. The van der Waals surface area contributed by atoms with E-state index in [-0.39, 0.29) is 16.4 Å². The molecule has 0 aromatic heterocycles. The maximum Gasteiger partial charge on any atom is 0.240 e. The SMILES string of the molecule is O=C=Nc1ccc(-c2cccc(Cl)c2)c(N=C=O)c1Cl. The van der Waals surface area contributed by atoms with Crippen molar-refractivity contribution in [3.63, 3.8) is 0 Å². The number of aliphatic imine (C=N–C) groups is 2. The van der Waals surface area contributed by atoms with E-state index in [1.165, 1.54) is 18.2 Å². The van der Waals surface area contributed by atoms with Gasteiger partial charge in [0.1, 0.15) is 5.69 Å². The summed E-state index contributed by atoms with van der Waals surface area (Å²) in [4.78, 5) is 27.9. The highest BCUT2D eigenvalue weighted by molar-refractivity contribution is 6.36. The maximum atomic E-state index is 10.6. The normalized spacial score (nSPS) is 9.50. The maximum absolute atomic E-state index is 10.6. The molecule has 4 nitrogen and oxygen atoms in total. The number of nitrogens with zero attached hydrogens (tertiary/aromatic N) is 2. The summed E-state index contributed by atoms with van der Waals surface area (Å²) in [6.45, 7) is 0. The van der Waals surface area contributed by atoms with Crippen LogP contribution in [0.2, 0.25) is 10.0 Å². The van der Waals surface area contributed by atoms with Gasteiger partial charge in [-0.1, -0.05) is 35.3 Å². The first-order chi connectivity index (χ1) is 9.67. The van der Waals surface area contributed by atoms with Crippen LogP contribution in [0.1, 0.15) is 0 Å². The first-order valence-corrected chi connectivity index (χ1v) is 6.17. The molecule has 98 valence electrons. The molecule has 0 fully saturated rings. The minimum absolute atomic E-state index is 0.0779. The fraction of sp³-hybridized carbons (Fsp3) is 0. The van der Waals surface area contributed by atoms with Crippen molar-refractivity contribution in [1.82, 2.24) is 0 Å². The number of halogens is 2. The third-order valence-electron chi connectivity index (χ3n) is 2.55. The van der Waals surface area contributed by atoms with Crippen LogP contribution in [-0.2, 0) is 9.59 Å². The third-order valence-corrected chi connectivity index (χ3v) is 3.16. The highest BCUT2D eigenvalue weighted by Gasteiger charge is 2.13. The van der Waals surface area contributed by atoms with E-state index in [2.05, 4.69) is 9.98 Å². The van der Waals surface area contributed by atoms with Gasteiger partial charge in [-0.3, -0.25) is 0 Å². The van der Waals surface area contributed by atoms with Gasteiger partial charge in [0.15, 0.2) is 0 Å². The first-order valence-electron chi connectivity index (χ1n) is 5.41. The average molecular weight is 305 g/mol. The second-order valence-corrected chi connectivity index (χ2v) is 4.53. The zero-order chi connectivity index (χ0) is 14.5. The van der Waals surface area contributed by atoms with Crippen molar-refractivity contribution in [2.24, 2.45) is 9.98 Å². The van der Waals surface area contributed by atoms with Gasteiger partial charge in [-0.2, -0.15) is 9.98 Å². The number of carbonyl (C=O) groups excluding carboxylic acids is 2. The molecule has 0 bridgehead atoms. The number of isocyanates is 2. The molecule has 0 heterocycles. The Balaban J connectivity index is 2.73. The van der Waals surface area contributed by atoms with Gasteiger partial charge in [-0.05, 0) is 29.8 Å². The van der Waals surface area contributed by atoms with Crippen LogP contribution < -0.4 is 0 Å². The lowest BCUT2D eigenvalue weighted by atomic mass is 10.0. The molecule has 0 aliphatic carbocycles. The third kappa shape index (κ3) is 2.85. The van der Waals surface area contributed by atoms with Gasteiger partial charge in [-0.15, -0.1) is 0 Å². The van der Waals surface area contributed by atoms with Gasteiger partial charge >= 0.3 is 0 Å². The monoisotopic (exact) mass is 304 g/mol. The topological polar surface area (TPSA) is 58.9 Å². The van der Waals surface area contributed by atoms with Crippen molar-refractivity contribution in [3.05, 3.63) is 46.4 Å². The minimum atomic E-state index is 0.0779. The smallest absolute Gasteiger partial charge is 0.211 e. The van der Waals surface area contributed by atoms with E-state index in [9.17, 15) is 9.59 Å². The van der Waals surface area contributed by atoms with Crippen molar-refractivity contribution in [3.8, 4) is 11.1 Å². The molecule has 20 heavy (non-hydrogen) atoms. The zero-order valence-corrected chi connectivity index (χ0v) is 11.4. The molecule has 2 rings (SSSR count). The summed E-state index contributed by atoms with van der Waals surface area (Å²) >= 11 is 12.0. The predicted molar refractivity (Wildman–Crippen MR) is 77.5 cm³/mol. The van der Waals surface area contributed by atoms with Crippen LogP contribution in [0.4, 0.5) is 11.4 Å². The lowest BCUT2D eigenvalue weighted by molar-refractivity contribution is 0.565. The highest BCUT2D eigenvalue weighted by Crippen LogP contribution is 2.42. The van der Waals surface area contributed by atoms with Crippen LogP contribution in [0.5, 0.6) is 0 Å². The van der Waals surface area contributed by atoms with E-state index < -0.39 is 0 Å². The molecule has 0 atom stereocenters. The van der Waals surface area contributed by atoms with E-state index in [1.54, 1.807) is 30.3 Å². The first kappa shape index (κ1) is 14.2. The number of rotatable bonds is 3. The van der Waals surface area contributed by atoms with E-state index in [4.69, 9.17) is 23.2 Å². The van der Waals surface area contributed by atoms with Crippen LogP contribution in [-0.4, -0.2) is 12.2 Å². The summed E-state index contributed by atoms with van der Waals surface area (Å²) in [6, 6.07) is 10.2. The van der Waals surface area contributed by atoms with Crippen LogP contribution >= 0.6 is 23.2 Å².